The topological polar surface area (TPSA) is 26.8 Å². The molecule has 2 fully saturated rings. The molecule has 2 aromatic carbocycles. The highest BCUT2D eigenvalue weighted by Gasteiger charge is 2.31. The van der Waals surface area contributed by atoms with Gasteiger partial charge in [-0.2, -0.15) is 0 Å². The van der Waals surface area contributed by atoms with E-state index in [-0.39, 0.29) is 0 Å². The average molecular weight is 436 g/mol. The minimum absolute atomic E-state index is 0.348. The second-order valence-electron chi connectivity index (χ2n) is 10.3. The summed E-state index contributed by atoms with van der Waals surface area (Å²) in [5.41, 5.74) is 1.39. The zero-order valence-electron chi connectivity index (χ0n) is 20.3. The Hall–Kier alpha value is -1.91. The minimum Gasteiger partial charge on any atom is -0.343 e. The standard InChI is InChI=1S/C28H41N3O/c1-29(2)27-17-18-31(20-22-13-14-23-9-7-8-10-24(23)19-22)21-25(27)15-16-28(32)30(3)26-11-5-4-6-12-26/h7-10,13-14,19,25-27H,4-6,11-12,15-18,20-21H2,1-3H3/t25-,27+/m0/s1. The van der Waals surface area contributed by atoms with Crippen LogP contribution in [0.1, 0.15) is 56.9 Å². The summed E-state index contributed by atoms with van der Waals surface area (Å²) in [6.45, 7) is 3.20. The Kier molecular flexibility index (Phi) is 7.85. The fraction of sp³-hybridized carbons (Fsp3) is 0.607. The lowest BCUT2D eigenvalue weighted by Gasteiger charge is -2.42. The van der Waals surface area contributed by atoms with Gasteiger partial charge in [0.05, 0.1) is 0 Å². The third-order valence-corrected chi connectivity index (χ3v) is 7.91. The summed E-state index contributed by atoms with van der Waals surface area (Å²) in [5.74, 6) is 0.893. The van der Waals surface area contributed by atoms with Crippen LogP contribution in [0.2, 0.25) is 0 Å². The highest BCUT2D eigenvalue weighted by molar-refractivity contribution is 5.83. The van der Waals surface area contributed by atoms with E-state index in [9.17, 15) is 4.79 Å². The number of fused-ring (bicyclic) bond motifs is 1. The van der Waals surface area contributed by atoms with Crippen molar-refractivity contribution in [1.82, 2.24) is 14.7 Å². The monoisotopic (exact) mass is 435 g/mol. The molecule has 4 heteroatoms. The average Bonchev–Trinajstić information content (AvgIpc) is 2.82. The maximum absolute atomic E-state index is 13.0. The second kappa shape index (κ2) is 10.8. The van der Waals surface area contributed by atoms with E-state index in [1.807, 2.05) is 7.05 Å². The van der Waals surface area contributed by atoms with Crippen LogP contribution in [-0.2, 0) is 11.3 Å². The number of carbonyl (C=O) groups excluding carboxylic acids is 1. The highest BCUT2D eigenvalue weighted by atomic mass is 16.2. The summed E-state index contributed by atoms with van der Waals surface area (Å²) in [6.07, 6.45) is 9.11. The molecule has 0 aromatic heterocycles. The van der Waals surface area contributed by atoms with E-state index >= 15 is 0 Å². The van der Waals surface area contributed by atoms with Gasteiger partial charge >= 0.3 is 0 Å². The lowest BCUT2D eigenvalue weighted by atomic mass is 9.86. The summed E-state index contributed by atoms with van der Waals surface area (Å²) >= 11 is 0. The van der Waals surface area contributed by atoms with E-state index in [1.54, 1.807) is 0 Å². The van der Waals surface area contributed by atoms with Crippen LogP contribution in [0.25, 0.3) is 10.8 Å². The molecule has 1 aliphatic heterocycles. The number of benzene rings is 2. The van der Waals surface area contributed by atoms with Crippen LogP contribution in [0.15, 0.2) is 42.5 Å². The molecule has 2 atom stereocenters. The van der Waals surface area contributed by atoms with Gasteiger partial charge in [0.15, 0.2) is 0 Å². The molecule has 0 bridgehead atoms. The lowest BCUT2D eigenvalue weighted by Crippen LogP contribution is -2.49. The summed E-state index contributed by atoms with van der Waals surface area (Å²) in [6, 6.07) is 16.5. The zero-order valence-corrected chi connectivity index (χ0v) is 20.3. The van der Waals surface area contributed by atoms with Crippen molar-refractivity contribution in [3.8, 4) is 0 Å². The first-order valence-electron chi connectivity index (χ1n) is 12.6. The molecule has 1 heterocycles. The molecule has 1 aliphatic carbocycles. The van der Waals surface area contributed by atoms with E-state index in [2.05, 4.69) is 71.3 Å². The zero-order chi connectivity index (χ0) is 22.5. The van der Waals surface area contributed by atoms with Crippen molar-refractivity contribution in [2.24, 2.45) is 5.92 Å². The first kappa shape index (κ1) is 23.3. The van der Waals surface area contributed by atoms with Crippen LogP contribution in [0.5, 0.6) is 0 Å². The van der Waals surface area contributed by atoms with Crippen molar-refractivity contribution < 1.29 is 4.79 Å². The normalized spacial score (nSPS) is 23.0. The molecule has 1 amide bonds. The van der Waals surface area contributed by atoms with Gasteiger partial charge in [0.25, 0.3) is 0 Å². The maximum atomic E-state index is 13.0. The van der Waals surface area contributed by atoms with Crippen molar-refractivity contribution in [2.75, 3.05) is 34.2 Å². The SMILES string of the molecule is CN(C(=O)CC[C@H]1CN(Cc2ccc3ccccc3c2)CC[C@H]1N(C)C)C1CCCCC1. The van der Waals surface area contributed by atoms with Gasteiger partial charge in [0.1, 0.15) is 0 Å². The predicted octanol–water partition coefficient (Wildman–Crippen LogP) is 5.16. The molecule has 1 saturated carbocycles. The molecule has 2 aliphatic rings. The summed E-state index contributed by atoms with van der Waals surface area (Å²) < 4.78 is 0. The van der Waals surface area contributed by atoms with Gasteiger partial charge in [-0.3, -0.25) is 9.69 Å². The van der Waals surface area contributed by atoms with Crippen LogP contribution >= 0.6 is 0 Å². The molecule has 4 nitrogen and oxygen atoms in total. The van der Waals surface area contributed by atoms with E-state index in [0.717, 1.165) is 26.1 Å². The Labute approximate surface area is 194 Å². The van der Waals surface area contributed by atoms with E-state index < -0.39 is 0 Å². The number of amides is 1. The number of carbonyl (C=O) groups is 1. The number of hydrogen-bond donors (Lipinski definition) is 0. The summed E-state index contributed by atoms with van der Waals surface area (Å²) in [5, 5.41) is 2.63. The van der Waals surface area contributed by atoms with Crippen LogP contribution < -0.4 is 0 Å². The second-order valence-corrected chi connectivity index (χ2v) is 10.3. The van der Waals surface area contributed by atoms with Crippen molar-refractivity contribution in [3.63, 3.8) is 0 Å². The Bertz CT molecular complexity index is 889. The highest BCUT2D eigenvalue weighted by Crippen LogP contribution is 2.28. The number of rotatable bonds is 7. The lowest BCUT2D eigenvalue weighted by molar-refractivity contribution is -0.133. The first-order valence-corrected chi connectivity index (χ1v) is 12.6. The van der Waals surface area contributed by atoms with Crippen LogP contribution in [0, 0.1) is 5.92 Å². The van der Waals surface area contributed by atoms with Gasteiger partial charge in [0, 0.05) is 38.6 Å². The van der Waals surface area contributed by atoms with Gasteiger partial charge < -0.3 is 9.80 Å². The molecule has 174 valence electrons. The largest absolute Gasteiger partial charge is 0.343 e. The van der Waals surface area contributed by atoms with Crippen molar-refractivity contribution in [2.45, 2.75) is 70.0 Å². The smallest absolute Gasteiger partial charge is 0.222 e. The number of hydrogen-bond acceptors (Lipinski definition) is 3. The quantitative estimate of drug-likeness (QED) is 0.601. The fourth-order valence-electron chi connectivity index (χ4n) is 5.95. The van der Waals surface area contributed by atoms with Crippen molar-refractivity contribution >= 4 is 16.7 Å². The number of likely N-dealkylation sites (tertiary alicyclic amines) is 1. The Morgan fingerprint density at radius 2 is 1.72 bits per heavy atom. The van der Waals surface area contributed by atoms with Gasteiger partial charge in [-0.1, -0.05) is 55.7 Å². The molecule has 32 heavy (non-hydrogen) atoms. The van der Waals surface area contributed by atoms with E-state index in [0.29, 0.717) is 30.3 Å². The van der Waals surface area contributed by atoms with Crippen molar-refractivity contribution in [1.29, 1.82) is 0 Å². The maximum Gasteiger partial charge on any atom is 0.222 e. The van der Waals surface area contributed by atoms with Crippen LogP contribution in [0.4, 0.5) is 0 Å². The Morgan fingerprint density at radius 1 is 0.969 bits per heavy atom. The van der Waals surface area contributed by atoms with E-state index in [4.69, 9.17) is 0 Å². The minimum atomic E-state index is 0.348. The van der Waals surface area contributed by atoms with Crippen LogP contribution in [0.3, 0.4) is 0 Å². The predicted molar refractivity (Wildman–Crippen MR) is 134 cm³/mol. The Morgan fingerprint density at radius 3 is 2.47 bits per heavy atom. The summed E-state index contributed by atoms with van der Waals surface area (Å²) in [4.78, 5) is 20.0. The third-order valence-electron chi connectivity index (χ3n) is 7.91. The first-order chi connectivity index (χ1) is 15.5. The van der Waals surface area contributed by atoms with Gasteiger partial charge in [-0.25, -0.2) is 0 Å². The molecule has 2 aromatic rings. The van der Waals surface area contributed by atoms with Gasteiger partial charge in [-0.05, 0) is 74.6 Å². The third kappa shape index (κ3) is 5.71. The van der Waals surface area contributed by atoms with Gasteiger partial charge in [-0.15, -0.1) is 0 Å². The molecular formula is C28H41N3O. The number of piperidine rings is 1. The number of nitrogens with zero attached hydrogens (tertiary/aromatic N) is 3. The summed E-state index contributed by atoms with van der Waals surface area (Å²) in [7, 11) is 6.44. The van der Waals surface area contributed by atoms with Crippen molar-refractivity contribution in [3.05, 3.63) is 48.0 Å². The molecule has 0 unspecified atom stereocenters. The molecule has 1 saturated heterocycles. The van der Waals surface area contributed by atoms with Crippen LogP contribution in [-0.4, -0.2) is 66.9 Å². The molecule has 0 spiro atoms. The molecule has 0 N–H and O–H groups in total. The van der Waals surface area contributed by atoms with Gasteiger partial charge in [0.2, 0.25) is 5.91 Å². The van der Waals surface area contributed by atoms with E-state index in [1.165, 1.54) is 54.9 Å². The Balaban J connectivity index is 1.36. The molecule has 0 radical (unpaired) electrons. The molecular weight excluding hydrogens is 394 g/mol. The fourth-order valence-corrected chi connectivity index (χ4v) is 5.95. The molecule has 4 rings (SSSR count).